The van der Waals surface area contributed by atoms with E-state index in [0.29, 0.717) is 6.42 Å². The molecule has 0 aromatic heterocycles. The molecule has 0 bridgehead atoms. The topological polar surface area (TPSA) is 64.6 Å². The number of hydrogen-bond acceptors (Lipinski definition) is 4. The van der Waals surface area contributed by atoms with Crippen molar-refractivity contribution >= 4 is 12.1 Å². The number of nitrogens with one attached hydrogen (secondary N) is 1. The summed E-state index contributed by atoms with van der Waals surface area (Å²) < 4.78 is 10.3. The maximum Gasteiger partial charge on any atom is 0.407 e. The van der Waals surface area contributed by atoms with Crippen molar-refractivity contribution in [1.82, 2.24) is 5.32 Å². The molecule has 0 unspecified atom stereocenters. The summed E-state index contributed by atoms with van der Waals surface area (Å²) in [7, 11) is 0. The molecule has 126 valence electrons. The lowest BCUT2D eigenvalue weighted by Gasteiger charge is -2.18. The minimum absolute atomic E-state index is 0.207. The van der Waals surface area contributed by atoms with Gasteiger partial charge in [0.15, 0.2) is 0 Å². The van der Waals surface area contributed by atoms with E-state index in [2.05, 4.69) is 5.32 Å². The fourth-order valence-electron chi connectivity index (χ4n) is 1.73. The van der Waals surface area contributed by atoms with Gasteiger partial charge in [-0.2, -0.15) is 0 Å². The lowest BCUT2D eigenvalue weighted by molar-refractivity contribution is -0.148. The number of esters is 1. The van der Waals surface area contributed by atoms with Crippen LogP contribution >= 0.6 is 0 Å². The quantitative estimate of drug-likeness (QED) is 0.643. The molecule has 5 nitrogen and oxygen atoms in total. The van der Waals surface area contributed by atoms with Gasteiger partial charge in [-0.25, -0.2) is 9.59 Å². The molecular formula is C18H25NO4. The number of ether oxygens (including phenoxy) is 2. The van der Waals surface area contributed by atoms with Gasteiger partial charge in [0, 0.05) is 6.08 Å². The normalized spacial score (nSPS) is 12.7. The predicted octanol–water partition coefficient (Wildman–Crippen LogP) is 3.59. The predicted molar refractivity (Wildman–Crippen MR) is 88.8 cm³/mol. The van der Waals surface area contributed by atoms with E-state index >= 15 is 0 Å². The Hall–Kier alpha value is -2.30. The van der Waals surface area contributed by atoms with Crippen LogP contribution in [-0.2, 0) is 20.9 Å². The van der Waals surface area contributed by atoms with E-state index in [-0.39, 0.29) is 12.6 Å². The Labute approximate surface area is 137 Å². The van der Waals surface area contributed by atoms with Crippen molar-refractivity contribution < 1.29 is 19.1 Å². The third-order valence-corrected chi connectivity index (χ3v) is 2.83. The van der Waals surface area contributed by atoms with Crippen LogP contribution in [0.25, 0.3) is 0 Å². The summed E-state index contributed by atoms with van der Waals surface area (Å²) in [6, 6.07) is 9.15. The highest BCUT2D eigenvalue weighted by Crippen LogP contribution is 2.07. The van der Waals surface area contributed by atoms with Crippen LogP contribution in [0.1, 0.15) is 39.7 Å². The first kappa shape index (κ1) is 18.7. The first-order valence-electron chi connectivity index (χ1n) is 7.68. The van der Waals surface area contributed by atoms with Crippen molar-refractivity contribution in [2.75, 3.05) is 0 Å². The van der Waals surface area contributed by atoms with Crippen molar-refractivity contribution in [3.8, 4) is 0 Å². The van der Waals surface area contributed by atoms with Crippen LogP contribution in [0.3, 0.4) is 0 Å². The van der Waals surface area contributed by atoms with E-state index in [4.69, 9.17) is 9.47 Å². The van der Waals surface area contributed by atoms with E-state index in [0.717, 1.165) is 5.56 Å². The van der Waals surface area contributed by atoms with Crippen LogP contribution in [0.5, 0.6) is 0 Å². The van der Waals surface area contributed by atoms with Crippen molar-refractivity contribution in [3.63, 3.8) is 0 Å². The summed E-state index contributed by atoms with van der Waals surface area (Å²) in [6.45, 7) is 7.51. The molecular weight excluding hydrogens is 294 g/mol. The molecule has 0 saturated heterocycles. The molecule has 1 aromatic rings. The van der Waals surface area contributed by atoms with E-state index in [9.17, 15) is 9.59 Å². The second-order valence-electron chi connectivity index (χ2n) is 6.11. The maximum atomic E-state index is 11.8. The number of alkyl carbamates (subject to hydrolysis) is 1. The number of amides is 1. The van der Waals surface area contributed by atoms with Crippen LogP contribution in [0, 0.1) is 0 Å². The molecule has 1 amide bonds. The number of carbonyl (C=O) groups is 2. The van der Waals surface area contributed by atoms with Gasteiger partial charge >= 0.3 is 12.1 Å². The van der Waals surface area contributed by atoms with Gasteiger partial charge < -0.3 is 14.8 Å². The van der Waals surface area contributed by atoms with Crippen LogP contribution in [0.4, 0.5) is 4.79 Å². The summed E-state index contributed by atoms with van der Waals surface area (Å²) >= 11 is 0. The van der Waals surface area contributed by atoms with Gasteiger partial charge in [-0.3, -0.25) is 0 Å². The summed E-state index contributed by atoms with van der Waals surface area (Å²) in [5.41, 5.74) is 0.380. The molecule has 23 heavy (non-hydrogen) atoms. The second kappa shape index (κ2) is 8.98. The van der Waals surface area contributed by atoms with E-state index in [1.165, 1.54) is 6.08 Å². The van der Waals surface area contributed by atoms with Crippen LogP contribution in [0.2, 0.25) is 0 Å². The Morgan fingerprint density at radius 1 is 1.22 bits per heavy atom. The van der Waals surface area contributed by atoms with Gasteiger partial charge in [0.1, 0.15) is 12.2 Å². The number of rotatable bonds is 6. The Kier molecular flexibility index (Phi) is 7.32. The van der Waals surface area contributed by atoms with Crippen molar-refractivity contribution in [3.05, 3.63) is 48.0 Å². The smallest absolute Gasteiger partial charge is 0.407 e. The van der Waals surface area contributed by atoms with Gasteiger partial charge in [-0.1, -0.05) is 43.3 Å². The molecule has 0 heterocycles. The first-order chi connectivity index (χ1) is 10.8. The summed E-state index contributed by atoms with van der Waals surface area (Å²) in [6.07, 6.45) is 3.06. The van der Waals surface area contributed by atoms with Gasteiger partial charge in [0.25, 0.3) is 0 Å². The SMILES string of the molecule is CC[C@H](C=CC(=O)OC(C)(C)C)NC(=O)OCc1ccccc1. The minimum atomic E-state index is -0.537. The Morgan fingerprint density at radius 3 is 2.43 bits per heavy atom. The summed E-state index contributed by atoms with van der Waals surface area (Å²) in [4.78, 5) is 23.4. The van der Waals surface area contributed by atoms with Crippen LogP contribution in [0.15, 0.2) is 42.5 Å². The second-order valence-corrected chi connectivity index (χ2v) is 6.11. The third kappa shape index (κ3) is 8.66. The average Bonchev–Trinajstić information content (AvgIpc) is 2.48. The zero-order valence-corrected chi connectivity index (χ0v) is 14.2. The lowest BCUT2D eigenvalue weighted by Crippen LogP contribution is -2.33. The molecule has 1 aromatic carbocycles. The molecule has 0 aliphatic heterocycles. The standard InChI is InChI=1S/C18H25NO4/c1-5-15(11-12-16(20)23-18(2,3)4)19-17(21)22-13-14-9-7-6-8-10-14/h6-12,15H,5,13H2,1-4H3,(H,19,21)/t15-/m1/s1. The molecule has 0 spiro atoms. The first-order valence-corrected chi connectivity index (χ1v) is 7.68. The van der Waals surface area contributed by atoms with Crippen LogP contribution in [-0.4, -0.2) is 23.7 Å². The number of hydrogen-bond donors (Lipinski definition) is 1. The van der Waals surface area contributed by atoms with Crippen molar-refractivity contribution in [1.29, 1.82) is 0 Å². The van der Waals surface area contributed by atoms with E-state index in [1.807, 2.05) is 37.3 Å². The lowest BCUT2D eigenvalue weighted by atomic mass is 10.2. The Bertz CT molecular complexity index is 532. The minimum Gasteiger partial charge on any atom is -0.457 e. The molecule has 1 atom stereocenters. The zero-order valence-electron chi connectivity index (χ0n) is 14.2. The molecule has 0 radical (unpaired) electrons. The van der Waals surface area contributed by atoms with Crippen LogP contribution < -0.4 is 5.32 Å². The van der Waals surface area contributed by atoms with Gasteiger partial charge in [0.05, 0.1) is 6.04 Å². The molecule has 1 N–H and O–H groups in total. The molecule has 1 rings (SSSR count). The highest BCUT2D eigenvalue weighted by molar-refractivity contribution is 5.82. The average molecular weight is 319 g/mol. The van der Waals surface area contributed by atoms with Gasteiger partial charge in [-0.05, 0) is 32.8 Å². The van der Waals surface area contributed by atoms with Crippen molar-refractivity contribution in [2.45, 2.75) is 52.4 Å². The van der Waals surface area contributed by atoms with Gasteiger partial charge in [0.2, 0.25) is 0 Å². The maximum absolute atomic E-state index is 11.8. The van der Waals surface area contributed by atoms with E-state index in [1.54, 1.807) is 26.8 Å². The fourth-order valence-corrected chi connectivity index (χ4v) is 1.73. The highest BCUT2D eigenvalue weighted by Gasteiger charge is 2.15. The summed E-state index contributed by atoms with van der Waals surface area (Å²) in [5.74, 6) is -0.435. The zero-order chi connectivity index (χ0) is 17.3. The third-order valence-electron chi connectivity index (χ3n) is 2.83. The Balaban J connectivity index is 2.42. The monoisotopic (exact) mass is 319 g/mol. The van der Waals surface area contributed by atoms with Crippen molar-refractivity contribution in [2.24, 2.45) is 0 Å². The molecule has 0 aliphatic carbocycles. The largest absolute Gasteiger partial charge is 0.457 e. The summed E-state index contributed by atoms with van der Waals surface area (Å²) in [5, 5.41) is 2.70. The molecule has 0 saturated carbocycles. The van der Waals surface area contributed by atoms with Gasteiger partial charge in [-0.15, -0.1) is 0 Å². The molecule has 0 fully saturated rings. The number of benzene rings is 1. The number of carbonyl (C=O) groups excluding carboxylic acids is 2. The molecule has 0 aliphatic rings. The Morgan fingerprint density at radius 2 is 1.87 bits per heavy atom. The van der Waals surface area contributed by atoms with E-state index < -0.39 is 17.7 Å². The highest BCUT2D eigenvalue weighted by atomic mass is 16.6. The fraction of sp³-hybridized carbons (Fsp3) is 0.444. The molecule has 5 heteroatoms.